The summed E-state index contributed by atoms with van der Waals surface area (Å²) in [6.07, 6.45) is 2.46. The monoisotopic (exact) mass is 371 g/mol. The average molecular weight is 371 g/mol. The lowest BCUT2D eigenvalue weighted by Crippen LogP contribution is -2.38. The third-order valence-corrected chi connectivity index (χ3v) is 7.79. The van der Waals surface area contributed by atoms with E-state index in [1.54, 1.807) is 26.4 Å². The smallest absolute Gasteiger partial charge is 0.175 e. The van der Waals surface area contributed by atoms with Crippen molar-refractivity contribution in [1.29, 1.82) is 5.26 Å². The van der Waals surface area contributed by atoms with Gasteiger partial charge in [-0.25, -0.2) is 0 Å². The molecule has 3 aliphatic rings. The predicted octanol–water partition coefficient (Wildman–Crippen LogP) is 4.47. The highest BCUT2D eigenvalue weighted by molar-refractivity contribution is 5.43. The van der Waals surface area contributed by atoms with Gasteiger partial charge in [-0.3, -0.25) is 0 Å². The van der Waals surface area contributed by atoms with Crippen LogP contribution in [0.25, 0.3) is 0 Å². The zero-order valence-corrected chi connectivity index (χ0v) is 16.8. The molecule has 2 aliphatic carbocycles. The standard InChI is InChI=1S/C22H29NO4/c1-21(2)16-8-9-22(21,3)20-14(16)11-19(27-20)26-18(12-23)15-10-13(24-4)6-7-17(15)25-5/h6-7,10,14,16,18-20H,8-9,11H2,1-5H3. The van der Waals surface area contributed by atoms with Crippen molar-refractivity contribution in [2.75, 3.05) is 14.2 Å². The molecule has 0 N–H and O–H groups in total. The second-order valence-corrected chi connectivity index (χ2v) is 8.92. The quantitative estimate of drug-likeness (QED) is 0.764. The van der Waals surface area contributed by atoms with Gasteiger partial charge in [-0.05, 0) is 53.7 Å². The van der Waals surface area contributed by atoms with Gasteiger partial charge in [0.25, 0.3) is 0 Å². The summed E-state index contributed by atoms with van der Waals surface area (Å²) >= 11 is 0. The van der Waals surface area contributed by atoms with Gasteiger partial charge in [0.2, 0.25) is 0 Å². The summed E-state index contributed by atoms with van der Waals surface area (Å²) in [5, 5.41) is 9.75. The number of ether oxygens (including phenoxy) is 4. The van der Waals surface area contributed by atoms with E-state index in [2.05, 4.69) is 26.8 Å². The molecule has 4 rings (SSSR count). The maximum Gasteiger partial charge on any atom is 0.175 e. The van der Waals surface area contributed by atoms with Gasteiger partial charge < -0.3 is 18.9 Å². The summed E-state index contributed by atoms with van der Waals surface area (Å²) in [6, 6.07) is 7.68. The molecule has 0 amide bonds. The van der Waals surface area contributed by atoms with Crippen molar-refractivity contribution in [1.82, 2.24) is 0 Å². The second kappa shape index (κ2) is 6.39. The summed E-state index contributed by atoms with van der Waals surface area (Å²) in [6.45, 7) is 7.15. The zero-order valence-electron chi connectivity index (χ0n) is 16.8. The molecule has 2 saturated carbocycles. The fraction of sp³-hybridized carbons (Fsp3) is 0.682. The number of methoxy groups -OCH3 is 2. The van der Waals surface area contributed by atoms with Crippen molar-refractivity contribution < 1.29 is 18.9 Å². The average Bonchev–Trinajstić information content (AvgIpc) is 3.23. The Balaban J connectivity index is 1.53. The highest BCUT2D eigenvalue weighted by atomic mass is 16.7. The van der Waals surface area contributed by atoms with Crippen LogP contribution in [-0.2, 0) is 9.47 Å². The van der Waals surface area contributed by atoms with Gasteiger partial charge in [0.15, 0.2) is 12.4 Å². The number of hydrogen-bond acceptors (Lipinski definition) is 5. The van der Waals surface area contributed by atoms with Crippen LogP contribution in [0.4, 0.5) is 0 Å². The lowest BCUT2D eigenvalue weighted by atomic mass is 9.70. The van der Waals surface area contributed by atoms with Crippen molar-refractivity contribution in [2.45, 2.75) is 58.5 Å². The van der Waals surface area contributed by atoms with Gasteiger partial charge in [-0.1, -0.05) is 20.8 Å². The molecule has 0 radical (unpaired) electrons. The van der Waals surface area contributed by atoms with Crippen LogP contribution in [0.15, 0.2) is 18.2 Å². The summed E-state index contributed by atoms with van der Waals surface area (Å²) in [5.41, 5.74) is 1.17. The highest BCUT2D eigenvalue weighted by Gasteiger charge is 2.69. The molecule has 27 heavy (non-hydrogen) atoms. The van der Waals surface area contributed by atoms with E-state index < -0.39 is 6.10 Å². The normalized spacial score (nSPS) is 36.9. The molecule has 0 spiro atoms. The largest absolute Gasteiger partial charge is 0.497 e. The Morgan fingerprint density at radius 1 is 1.22 bits per heavy atom. The molecule has 2 bridgehead atoms. The van der Waals surface area contributed by atoms with Crippen LogP contribution in [-0.4, -0.2) is 26.6 Å². The summed E-state index contributed by atoms with van der Waals surface area (Å²) in [4.78, 5) is 0. The van der Waals surface area contributed by atoms with Crippen molar-refractivity contribution in [3.63, 3.8) is 0 Å². The van der Waals surface area contributed by atoms with E-state index in [0.717, 1.165) is 6.42 Å². The van der Waals surface area contributed by atoms with Crippen LogP contribution in [0.5, 0.6) is 11.5 Å². The fourth-order valence-corrected chi connectivity index (χ4v) is 5.94. The van der Waals surface area contributed by atoms with Gasteiger partial charge in [0, 0.05) is 12.0 Å². The van der Waals surface area contributed by atoms with E-state index in [4.69, 9.17) is 18.9 Å². The number of fused-ring (bicyclic) bond motifs is 5. The number of hydrogen-bond donors (Lipinski definition) is 0. The first-order valence-electron chi connectivity index (χ1n) is 9.78. The van der Waals surface area contributed by atoms with E-state index in [1.165, 1.54) is 12.8 Å². The van der Waals surface area contributed by atoms with Crippen molar-refractivity contribution in [3.8, 4) is 17.6 Å². The molecule has 146 valence electrons. The van der Waals surface area contributed by atoms with Crippen LogP contribution in [0.1, 0.15) is 51.7 Å². The molecule has 1 aromatic rings. The maximum absolute atomic E-state index is 9.75. The van der Waals surface area contributed by atoms with Gasteiger partial charge in [0.05, 0.1) is 26.4 Å². The molecule has 1 saturated heterocycles. The fourth-order valence-electron chi connectivity index (χ4n) is 5.94. The summed E-state index contributed by atoms with van der Waals surface area (Å²) in [5.74, 6) is 2.49. The van der Waals surface area contributed by atoms with Crippen LogP contribution < -0.4 is 9.47 Å². The Morgan fingerprint density at radius 2 is 2.00 bits per heavy atom. The molecule has 6 atom stereocenters. The molecular weight excluding hydrogens is 342 g/mol. The molecule has 0 aromatic heterocycles. The first kappa shape index (κ1) is 18.6. The SMILES string of the molecule is COc1ccc(OC)c(C(C#N)OC2CC3C4CCC(C)(C3O2)C4(C)C)c1. The van der Waals surface area contributed by atoms with Gasteiger partial charge >= 0.3 is 0 Å². The minimum atomic E-state index is -0.752. The van der Waals surface area contributed by atoms with Gasteiger partial charge in [-0.15, -0.1) is 0 Å². The minimum absolute atomic E-state index is 0.191. The van der Waals surface area contributed by atoms with Gasteiger partial charge in [0.1, 0.15) is 11.5 Å². The van der Waals surface area contributed by atoms with Crippen molar-refractivity contribution >= 4 is 0 Å². The van der Waals surface area contributed by atoms with E-state index in [-0.39, 0.29) is 17.8 Å². The number of nitrogens with zero attached hydrogens (tertiary/aromatic N) is 1. The Labute approximate surface area is 161 Å². The minimum Gasteiger partial charge on any atom is -0.497 e. The van der Waals surface area contributed by atoms with Crippen LogP contribution in [0.2, 0.25) is 0 Å². The Kier molecular flexibility index (Phi) is 4.40. The van der Waals surface area contributed by atoms with E-state index in [1.807, 2.05) is 6.07 Å². The van der Waals surface area contributed by atoms with Crippen molar-refractivity contribution in [3.05, 3.63) is 23.8 Å². The topological polar surface area (TPSA) is 60.7 Å². The first-order chi connectivity index (χ1) is 12.9. The van der Waals surface area contributed by atoms with E-state index >= 15 is 0 Å². The third-order valence-electron chi connectivity index (χ3n) is 7.79. The predicted molar refractivity (Wildman–Crippen MR) is 100 cm³/mol. The van der Waals surface area contributed by atoms with E-state index in [9.17, 15) is 5.26 Å². The van der Waals surface area contributed by atoms with Crippen LogP contribution in [0.3, 0.4) is 0 Å². The zero-order chi connectivity index (χ0) is 19.4. The van der Waals surface area contributed by atoms with Gasteiger partial charge in [-0.2, -0.15) is 5.26 Å². The molecular formula is C22H29NO4. The number of benzene rings is 1. The Morgan fingerprint density at radius 3 is 2.63 bits per heavy atom. The molecule has 1 heterocycles. The van der Waals surface area contributed by atoms with Crippen LogP contribution in [0, 0.1) is 34.0 Å². The maximum atomic E-state index is 9.75. The lowest BCUT2D eigenvalue weighted by Gasteiger charge is -2.38. The lowest BCUT2D eigenvalue weighted by molar-refractivity contribution is -0.177. The second-order valence-electron chi connectivity index (χ2n) is 8.92. The molecule has 5 heteroatoms. The molecule has 1 aliphatic heterocycles. The Hall–Kier alpha value is -1.77. The van der Waals surface area contributed by atoms with Crippen molar-refractivity contribution in [2.24, 2.45) is 22.7 Å². The number of rotatable bonds is 5. The van der Waals surface area contributed by atoms with Crippen LogP contribution >= 0.6 is 0 Å². The van der Waals surface area contributed by atoms with E-state index in [0.29, 0.717) is 34.3 Å². The summed E-state index contributed by atoms with van der Waals surface area (Å²) < 4.78 is 23.3. The molecule has 5 nitrogen and oxygen atoms in total. The summed E-state index contributed by atoms with van der Waals surface area (Å²) in [7, 11) is 3.20. The third kappa shape index (κ3) is 2.57. The number of nitriles is 1. The highest BCUT2D eigenvalue weighted by Crippen LogP contribution is 2.71. The Bertz CT molecular complexity index is 770. The molecule has 6 unspecified atom stereocenters. The first-order valence-corrected chi connectivity index (χ1v) is 9.78. The molecule has 1 aromatic carbocycles. The molecule has 3 fully saturated rings.